The van der Waals surface area contributed by atoms with Gasteiger partial charge in [0.15, 0.2) is 5.82 Å². The molecule has 0 aromatic heterocycles. The molecule has 2 fully saturated rings. The van der Waals surface area contributed by atoms with Gasteiger partial charge in [-0.1, -0.05) is 0 Å². The third-order valence-electron chi connectivity index (χ3n) is 5.47. The zero-order chi connectivity index (χ0) is 18.4. The number of nitrogens with zero attached hydrogens (tertiary/aromatic N) is 3. The number of hydrogen-bond donors (Lipinski definition) is 1. The van der Waals surface area contributed by atoms with Gasteiger partial charge in [0, 0.05) is 43.7 Å². The largest absolute Gasteiger partial charge is 0.367 e. The molecule has 2 saturated heterocycles. The van der Waals surface area contributed by atoms with Crippen LogP contribution < -0.4 is 10.2 Å². The highest BCUT2D eigenvalue weighted by Crippen LogP contribution is 2.34. The van der Waals surface area contributed by atoms with E-state index in [-0.39, 0.29) is 37.0 Å². The van der Waals surface area contributed by atoms with Gasteiger partial charge in [0.1, 0.15) is 6.04 Å². The summed E-state index contributed by atoms with van der Waals surface area (Å²) >= 11 is 0. The molecule has 1 unspecified atom stereocenters. The smallest absolute Gasteiger partial charge is 0.255 e. The number of carbonyl (C=O) groups is 3. The number of benzene rings is 1. The minimum Gasteiger partial charge on any atom is -0.367 e. The molecule has 0 bridgehead atoms. The van der Waals surface area contributed by atoms with E-state index in [1.807, 2.05) is 11.9 Å². The summed E-state index contributed by atoms with van der Waals surface area (Å²) in [5, 5.41) is 2.26. The first-order valence-corrected chi connectivity index (χ1v) is 8.85. The van der Waals surface area contributed by atoms with Gasteiger partial charge in [-0.3, -0.25) is 19.7 Å². The van der Waals surface area contributed by atoms with Gasteiger partial charge in [0.2, 0.25) is 11.8 Å². The van der Waals surface area contributed by atoms with E-state index in [2.05, 4.69) is 10.2 Å². The van der Waals surface area contributed by atoms with Crippen molar-refractivity contribution in [3.8, 4) is 0 Å². The topological polar surface area (TPSA) is 73.0 Å². The molecule has 3 heterocycles. The minimum atomic E-state index is -0.723. The lowest BCUT2D eigenvalue weighted by Crippen LogP contribution is -2.52. The molecule has 0 saturated carbocycles. The molecule has 8 heteroatoms. The summed E-state index contributed by atoms with van der Waals surface area (Å²) in [6, 6.07) is 2.59. The van der Waals surface area contributed by atoms with Gasteiger partial charge in [-0.05, 0) is 25.6 Å². The monoisotopic (exact) mass is 360 g/mol. The molecule has 4 rings (SSSR count). The summed E-state index contributed by atoms with van der Waals surface area (Å²) in [5.41, 5.74) is 1.16. The van der Waals surface area contributed by atoms with Crippen LogP contribution >= 0.6 is 0 Å². The first-order valence-electron chi connectivity index (χ1n) is 8.85. The second-order valence-electron chi connectivity index (χ2n) is 7.12. The van der Waals surface area contributed by atoms with Gasteiger partial charge >= 0.3 is 0 Å². The number of amides is 3. The number of rotatable bonds is 2. The predicted molar refractivity (Wildman–Crippen MR) is 92.2 cm³/mol. The average molecular weight is 360 g/mol. The lowest BCUT2D eigenvalue weighted by Gasteiger charge is -2.34. The Balaban J connectivity index is 1.59. The van der Waals surface area contributed by atoms with Crippen molar-refractivity contribution in [3.05, 3.63) is 29.1 Å². The van der Waals surface area contributed by atoms with Crippen molar-refractivity contribution >= 4 is 23.4 Å². The Kier molecular flexibility index (Phi) is 4.14. The van der Waals surface area contributed by atoms with E-state index in [0.29, 0.717) is 16.8 Å². The van der Waals surface area contributed by atoms with Gasteiger partial charge in [0.05, 0.1) is 12.2 Å². The van der Waals surface area contributed by atoms with Crippen molar-refractivity contribution in [2.45, 2.75) is 25.4 Å². The van der Waals surface area contributed by atoms with Crippen molar-refractivity contribution in [2.75, 3.05) is 38.1 Å². The molecular weight excluding hydrogens is 339 g/mol. The Morgan fingerprint density at radius 1 is 1.12 bits per heavy atom. The van der Waals surface area contributed by atoms with Gasteiger partial charge < -0.3 is 14.7 Å². The van der Waals surface area contributed by atoms with Gasteiger partial charge in [-0.25, -0.2) is 4.39 Å². The fourth-order valence-corrected chi connectivity index (χ4v) is 3.88. The number of anilines is 1. The number of hydrogen-bond acceptors (Lipinski definition) is 5. The molecule has 0 spiro atoms. The number of likely N-dealkylation sites (N-methyl/N-ethyl adjacent to an activating group) is 1. The molecule has 1 atom stereocenters. The molecule has 7 nitrogen and oxygen atoms in total. The Morgan fingerprint density at radius 3 is 2.54 bits per heavy atom. The molecule has 26 heavy (non-hydrogen) atoms. The Hall–Kier alpha value is -2.48. The predicted octanol–water partition coefficient (Wildman–Crippen LogP) is 0.339. The Morgan fingerprint density at radius 2 is 1.85 bits per heavy atom. The lowest BCUT2D eigenvalue weighted by molar-refractivity contribution is -0.136. The third kappa shape index (κ3) is 2.74. The van der Waals surface area contributed by atoms with Crippen LogP contribution in [-0.4, -0.2) is 66.8 Å². The number of nitrogens with one attached hydrogen (secondary N) is 1. The van der Waals surface area contributed by atoms with E-state index in [1.165, 1.54) is 4.90 Å². The van der Waals surface area contributed by atoms with Crippen LogP contribution in [0.25, 0.3) is 0 Å². The van der Waals surface area contributed by atoms with Crippen LogP contribution in [-0.2, 0) is 16.1 Å². The van der Waals surface area contributed by atoms with Crippen LogP contribution in [0.15, 0.2) is 12.1 Å². The second kappa shape index (κ2) is 6.35. The number of carbonyl (C=O) groups excluding carboxylic acids is 3. The fourth-order valence-electron chi connectivity index (χ4n) is 3.88. The standard InChI is InChI=1S/C18H21FN4O3/c1-21-6-8-22(9-7-21)13-3-2-11-12(16(13)19)10-23(18(11)26)14-4-5-15(24)20-17(14)25/h2-3,14H,4-10H2,1H3,(H,20,24,25). The summed E-state index contributed by atoms with van der Waals surface area (Å²) in [6.45, 7) is 3.25. The van der Waals surface area contributed by atoms with E-state index in [1.54, 1.807) is 12.1 Å². The van der Waals surface area contributed by atoms with Crippen LogP contribution in [0, 0.1) is 5.82 Å². The quantitative estimate of drug-likeness (QED) is 0.770. The highest BCUT2D eigenvalue weighted by atomic mass is 19.1. The summed E-state index contributed by atoms with van der Waals surface area (Å²) in [5.74, 6) is -1.55. The SMILES string of the molecule is CN1CCN(c2ccc3c(c2F)CN(C2CCC(=O)NC2=O)C3=O)CC1. The van der Waals surface area contributed by atoms with Crippen molar-refractivity contribution in [1.82, 2.24) is 15.1 Å². The minimum absolute atomic E-state index is 0.0634. The van der Waals surface area contributed by atoms with E-state index < -0.39 is 11.9 Å². The summed E-state index contributed by atoms with van der Waals surface area (Å²) in [6.07, 6.45) is 0.461. The van der Waals surface area contributed by atoms with E-state index in [0.717, 1.165) is 26.2 Å². The second-order valence-corrected chi connectivity index (χ2v) is 7.12. The van der Waals surface area contributed by atoms with E-state index in [9.17, 15) is 14.4 Å². The summed E-state index contributed by atoms with van der Waals surface area (Å²) in [7, 11) is 2.03. The van der Waals surface area contributed by atoms with Crippen LogP contribution in [0.4, 0.5) is 10.1 Å². The summed E-state index contributed by atoms with van der Waals surface area (Å²) in [4.78, 5) is 41.7. The number of piperazine rings is 1. The Labute approximate surface area is 150 Å². The molecule has 1 aromatic rings. The zero-order valence-corrected chi connectivity index (χ0v) is 14.6. The molecule has 138 valence electrons. The molecule has 3 aliphatic heterocycles. The lowest BCUT2D eigenvalue weighted by atomic mass is 10.0. The van der Waals surface area contributed by atoms with E-state index >= 15 is 4.39 Å². The number of fused-ring (bicyclic) bond motifs is 1. The Bertz CT molecular complexity index is 789. The maximum Gasteiger partial charge on any atom is 0.255 e. The average Bonchev–Trinajstić information content (AvgIpc) is 2.94. The van der Waals surface area contributed by atoms with Crippen LogP contribution in [0.2, 0.25) is 0 Å². The van der Waals surface area contributed by atoms with Crippen LogP contribution in [0.3, 0.4) is 0 Å². The molecule has 1 aromatic carbocycles. The van der Waals surface area contributed by atoms with Crippen LogP contribution in [0.5, 0.6) is 0 Å². The van der Waals surface area contributed by atoms with Crippen molar-refractivity contribution in [1.29, 1.82) is 0 Å². The maximum atomic E-state index is 15.1. The fraction of sp³-hybridized carbons (Fsp3) is 0.500. The summed E-state index contributed by atoms with van der Waals surface area (Å²) < 4.78 is 15.1. The molecular formula is C18H21FN4O3. The highest BCUT2D eigenvalue weighted by Gasteiger charge is 2.40. The third-order valence-corrected chi connectivity index (χ3v) is 5.47. The zero-order valence-electron chi connectivity index (χ0n) is 14.6. The van der Waals surface area contributed by atoms with Crippen LogP contribution in [0.1, 0.15) is 28.8 Å². The molecule has 0 aliphatic carbocycles. The molecule has 3 aliphatic rings. The molecule has 3 amide bonds. The van der Waals surface area contributed by atoms with Gasteiger partial charge in [0.25, 0.3) is 5.91 Å². The van der Waals surface area contributed by atoms with E-state index in [4.69, 9.17) is 0 Å². The number of imide groups is 1. The van der Waals surface area contributed by atoms with Crippen molar-refractivity contribution in [2.24, 2.45) is 0 Å². The van der Waals surface area contributed by atoms with Crippen molar-refractivity contribution in [3.63, 3.8) is 0 Å². The normalized spacial score (nSPS) is 24.1. The highest BCUT2D eigenvalue weighted by molar-refractivity contribution is 6.05. The first kappa shape index (κ1) is 17.0. The maximum absolute atomic E-state index is 15.1. The molecule has 1 N–H and O–H groups in total. The number of halogens is 1. The van der Waals surface area contributed by atoms with Gasteiger partial charge in [-0.2, -0.15) is 0 Å². The van der Waals surface area contributed by atoms with Gasteiger partial charge in [-0.15, -0.1) is 0 Å². The van der Waals surface area contributed by atoms with Crippen molar-refractivity contribution < 1.29 is 18.8 Å². The molecule has 0 radical (unpaired) electrons. The first-order chi connectivity index (χ1) is 12.5. The number of piperidine rings is 1.